The van der Waals surface area contributed by atoms with Crippen molar-refractivity contribution in [3.05, 3.63) is 0 Å². The number of likely N-dealkylation sites (N-methyl/N-ethyl adjacent to an activating group) is 3. The SMILES string of the molecule is CCNC(CC)C(C)N(CC)C(C)CN(C)C. The molecule has 0 bridgehead atoms. The number of rotatable bonds is 9. The second-order valence-electron chi connectivity index (χ2n) is 5.25. The second-order valence-corrected chi connectivity index (χ2v) is 5.25. The molecule has 0 saturated heterocycles. The largest absolute Gasteiger partial charge is 0.313 e. The van der Waals surface area contributed by atoms with Crippen molar-refractivity contribution < 1.29 is 0 Å². The molecule has 0 aromatic carbocycles. The monoisotopic (exact) mass is 243 g/mol. The Morgan fingerprint density at radius 1 is 1.06 bits per heavy atom. The summed E-state index contributed by atoms with van der Waals surface area (Å²) in [7, 11) is 4.30. The summed E-state index contributed by atoms with van der Waals surface area (Å²) in [5.41, 5.74) is 0. The molecule has 0 radical (unpaired) electrons. The van der Waals surface area contributed by atoms with Gasteiger partial charge in [0.2, 0.25) is 0 Å². The van der Waals surface area contributed by atoms with Gasteiger partial charge in [0.1, 0.15) is 0 Å². The van der Waals surface area contributed by atoms with Crippen molar-refractivity contribution in [1.29, 1.82) is 0 Å². The summed E-state index contributed by atoms with van der Waals surface area (Å²) in [5, 5.41) is 3.60. The third-order valence-corrected chi connectivity index (χ3v) is 3.57. The van der Waals surface area contributed by atoms with E-state index in [1.807, 2.05) is 0 Å². The van der Waals surface area contributed by atoms with Gasteiger partial charge in [-0.05, 0) is 47.5 Å². The van der Waals surface area contributed by atoms with Crippen LogP contribution in [0, 0.1) is 0 Å². The Labute approximate surface area is 109 Å². The van der Waals surface area contributed by atoms with Crippen molar-refractivity contribution in [1.82, 2.24) is 15.1 Å². The Morgan fingerprint density at radius 3 is 2.00 bits per heavy atom. The smallest absolute Gasteiger partial charge is 0.0224 e. The average molecular weight is 243 g/mol. The minimum atomic E-state index is 0.597. The zero-order valence-electron chi connectivity index (χ0n) is 13.0. The molecule has 0 amide bonds. The molecule has 0 aromatic heterocycles. The molecule has 0 aliphatic heterocycles. The van der Waals surface area contributed by atoms with Crippen LogP contribution in [0.4, 0.5) is 0 Å². The van der Waals surface area contributed by atoms with Gasteiger partial charge in [-0.3, -0.25) is 4.90 Å². The van der Waals surface area contributed by atoms with Crippen LogP contribution in [-0.4, -0.2) is 61.7 Å². The molecule has 3 nitrogen and oxygen atoms in total. The molecule has 0 spiro atoms. The van der Waals surface area contributed by atoms with Gasteiger partial charge in [0.25, 0.3) is 0 Å². The minimum Gasteiger partial charge on any atom is -0.313 e. The van der Waals surface area contributed by atoms with Crippen molar-refractivity contribution in [2.75, 3.05) is 33.7 Å². The van der Waals surface area contributed by atoms with E-state index in [1.165, 1.54) is 6.42 Å². The Morgan fingerprint density at radius 2 is 1.65 bits per heavy atom. The second kappa shape index (κ2) is 8.90. The summed E-state index contributed by atoms with van der Waals surface area (Å²) < 4.78 is 0. The van der Waals surface area contributed by atoms with Crippen molar-refractivity contribution in [3.63, 3.8) is 0 Å². The lowest BCUT2D eigenvalue weighted by Gasteiger charge is -2.39. The Bertz CT molecular complexity index is 182. The van der Waals surface area contributed by atoms with Gasteiger partial charge in [0.15, 0.2) is 0 Å². The third kappa shape index (κ3) is 5.84. The van der Waals surface area contributed by atoms with E-state index in [9.17, 15) is 0 Å². The van der Waals surface area contributed by atoms with Crippen molar-refractivity contribution in [2.24, 2.45) is 0 Å². The van der Waals surface area contributed by atoms with Crippen LogP contribution in [0.5, 0.6) is 0 Å². The summed E-state index contributed by atoms with van der Waals surface area (Å²) in [6.07, 6.45) is 1.19. The standard InChI is InChI=1S/C14H33N3/c1-8-14(15-9-2)13(5)17(10-3)12(4)11-16(6)7/h12-15H,8-11H2,1-7H3. The first-order chi connectivity index (χ1) is 7.97. The maximum Gasteiger partial charge on any atom is 0.0224 e. The van der Waals surface area contributed by atoms with Crippen LogP contribution in [0.15, 0.2) is 0 Å². The molecule has 0 aliphatic rings. The van der Waals surface area contributed by atoms with Gasteiger partial charge >= 0.3 is 0 Å². The van der Waals surface area contributed by atoms with Gasteiger partial charge < -0.3 is 10.2 Å². The molecule has 0 saturated carbocycles. The van der Waals surface area contributed by atoms with Gasteiger partial charge in [-0.25, -0.2) is 0 Å². The van der Waals surface area contributed by atoms with Crippen LogP contribution in [-0.2, 0) is 0 Å². The molecule has 0 rings (SSSR count). The Balaban J connectivity index is 4.50. The lowest BCUT2D eigenvalue weighted by atomic mass is 10.0. The van der Waals surface area contributed by atoms with E-state index in [1.54, 1.807) is 0 Å². The highest BCUT2D eigenvalue weighted by atomic mass is 15.2. The van der Waals surface area contributed by atoms with Crippen LogP contribution in [0.25, 0.3) is 0 Å². The molecular weight excluding hydrogens is 210 g/mol. The summed E-state index contributed by atoms with van der Waals surface area (Å²) >= 11 is 0. The fourth-order valence-corrected chi connectivity index (χ4v) is 2.78. The van der Waals surface area contributed by atoms with Gasteiger partial charge in [-0.2, -0.15) is 0 Å². The zero-order chi connectivity index (χ0) is 13.4. The Hall–Kier alpha value is -0.120. The molecular formula is C14H33N3. The normalized spacial score (nSPS) is 17.5. The molecule has 3 heteroatoms. The van der Waals surface area contributed by atoms with E-state index >= 15 is 0 Å². The number of nitrogens with one attached hydrogen (secondary N) is 1. The summed E-state index contributed by atoms with van der Waals surface area (Å²) in [4.78, 5) is 4.88. The highest BCUT2D eigenvalue weighted by molar-refractivity contribution is 4.83. The van der Waals surface area contributed by atoms with Crippen molar-refractivity contribution >= 4 is 0 Å². The van der Waals surface area contributed by atoms with Crippen LogP contribution in [0.2, 0.25) is 0 Å². The fraction of sp³-hybridized carbons (Fsp3) is 1.00. The van der Waals surface area contributed by atoms with Crippen LogP contribution in [0.1, 0.15) is 41.0 Å². The molecule has 1 N–H and O–H groups in total. The highest BCUT2D eigenvalue weighted by Gasteiger charge is 2.24. The average Bonchev–Trinajstić information content (AvgIpc) is 2.25. The molecule has 17 heavy (non-hydrogen) atoms. The van der Waals surface area contributed by atoms with Crippen molar-refractivity contribution in [2.45, 2.75) is 59.2 Å². The molecule has 0 aliphatic carbocycles. The summed E-state index contributed by atoms with van der Waals surface area (Å²) in [6.45, 7) is 14.7. The van der Waals surface area contributed by atoms with E-state index in [-0.39, 0.29) is 0 Å². The van der Waals surface area contributed by atoms with Gasteiger partial charge in [-0.1, -0.05) is 20.8 Å². The fourth-order valence-electron chi connectivity index (χ4n) is 2.78. The quantitative estimate of drug-likeness (QED) is 0.668. The van der Waals surface area contributed by atoms with E-state index in [2.05, 4.69) is 63.8 Å². The maximum absolute atomic E-state index is 3.60. The topological polar surface area (TPSA) is 18.5 Å². The minimum absolute atomic E-state index is 0.597. The molecule has 104 valence electrons. The van der Waals surface area contributed by atoms with E-state index in [0.29, 0.717) is 18.1 Å². The lowest BCUT2D eigenvalue weighted by molar-refractivity contribution is 0.110. The summed E-state index contributed by atoms with van der Waals surface area (Å²) in [5.74, 6) is 0. The maximum atomic E-state index is 3.60. The Kier molecular flexibility index (Phi) is 8.83. The van der Waals surface area contributed by atoms with Crippen LogP contribution < -0.4 is 5.32 Å². The predicted molar refractivity (Wildman–Crippen MR) is 77.6 cm³/mol. The first-order valence-corrected chi connectivity index (χ1v) is 7.11. The lowest BCUT2D eigenvalue weighted by Crippen LogP contribution is -2.53. The van der Waals surface area contributed by atoms with Gasteiger partial charge in [0.05, 0.1) is 0 Å². The number of hydrogen-bond acceptors (Lipinski definition) is 3. The van der Waals surface area contributed by atoms with E-state index in [0.717, 1.165) is 19.6 Å². The molecule has 3 atom stereocenters. The number of hydrogen-bond donors (Lipinski definition) is 1. The van der Waals surface area contributed by atoms with Crippen LogP contribution in [0.3, 0.4) is 0 Å². The summed E-state index contributed by atoms with van der Waals surface area (Å²) in [6, 6.07) is 1.81. The van der Waals surface area contributed by atoms with Crippen molar-refractivity contribution in [3.8, 4) is 0 Å². The van der Waals surface area contributed by atoms with E-state index < -0.39 is 0 Å². The molecule has 0 heterocycles. The first-order valence-electron chi connectivity index (χ1n) is 7.11. The molecule has 3 unspecified atom stereocenters. The van der Waals surface area contributed by atoms with Gasteiger partial charge in [0, 0.05) is 24.7 Å². The zero-order valence-corrected chi connectivity index (χ0v) is 13.0. The van der Waals surface area contributed by atoms with E-state index in [4.69, 9.17) is 0 Å². The van der Waals surface area contributed by atoms with Gasteiger partial charge in [-0.15, -0.1) is 0 Å². The number of nitrogens with zero attached hydrogens (tertiary/aromatic N) is 2. The first kappa shape index (κ1) is 16.9. The highest BCUT2D eigenvalue weighted by Crippen LogP contribution is 2.12. The molecule has 0 fully saturated rings. The third-order valence-electron chi connectivity index (χ3n) is 3.57. The molecule has 0 aromatic rings. The predicted octanol–water partition coefficient (Wildman–Crippen LogP) is 2.04. The van der Waals surface area contributed by atoms with Crippen LogP contribution >= 0.6 is 0 Å².